The van der Waals surface area contributed by atoms with Gasteiger partial charge in [0.25, 0.3) is 11.5 Å². The van der Waals surface area contributed by atoms with Gasteiger partial charge in [0.1, 0.15) is 22.0 Å². The number of aromatic nitrogens is 3. The number of carbonyl (C=O) groups is 2. The molecule has 4 aromatic rings. The highest BCUT2D eigenvalue weighted by atomic mass is 32.1. The van der Waals surface area contributed by atoms with E-state index in [4.69, 9.17) is 4.74 Å². The molecule has 0 radical (unpaired) electrons. The van der Waals surface area contributed by atoms with E-state index in [0.29, 0.717) is 10.9 Å². The van der Waals surface area contributed by atoms with Crippen LogP contribution in [0.3, 0.4) is 0 Å². The number of nitrogens with zero attached hydrogens (tertiary/aromatic N) is 4. The van der Waals surface area contributed by atoms with Gasteiger partial charge in [0.2, 0.25) is 0 Å². The van der Waals surface area contributed by atoms with Gasteiger partial charge in [0.15, 0.2) is 17.6 Å². The fourth-order valence-electron chi connectivity index (χ4n) is 4.14. The summed E-state index contributed by atoms with van der Waals surface area (Å²) in [6.07, 6.45) is -5.74. The van der Waals surface area contributed by atoms with Gasteiger partial charge >= 0.3 is 17.8 Å². The number of rotatable bonds is 7. The van der Waals surface area contributed by atoms with Crippen LogP contribution in [0, 0.1) is 17.6 Å². The predicted molar refractivity (Wildman–Crippen MR) is 147 cm³/mol. The molecule has 43 heavy (non-hydrogen) atoms. The Balaban J connectivity index is 1.81. The Bertz CT molecular complexity index is 1930. The minimum Gasteiger partial charge on any atom is -0.439 e. The van der Waals surface area contributed by atoms with Gasteiger partial charge in [-0.25, -0.2) is 18.4 Å². The first kappa shape index (κ1) is 32.0. The van der Waals surface area contributed by atoms with E-state index in [1.165, 1.54) is 29.4 Å². The van der Waals surface area contributed by atoms with Crippen LogP contribution in [0.25, 0.3) is 21.5 Å². The van der Waals surface area contributed by atoms with Crippen LogP contribution in [0.5, 0.6) is 0 Å². The molecule has 0 unspecified atom stereocenters. The number of hydrogen-bond donors (Lipinski definition) is 1. The van der Waals surface area contributed by atoms with E-state index in [1.807, 2.05) is 0 Å². The second-order valence-corrected chi connectivity index (χ2v) is 11.6. The molecule has 3 aromatic heterocycles. The fraction of sp³-hybridized carbons (Fsp3) is 0.346. The summed E-state index contributed by atoms with van der Waals surface area (Å²) < 4.78 is 77.8. The normalized spacial score (nSPS) is 13.2. The van der Waals surface area contributed by atoms with Gasteiger partial charge in [-0.15, -0.1) is 22.7 Å². The van der Waals surface area contributed by atoms with Crippen molar-refractivity contribution in [2.24, 2.45) is 25.0 Å². The van der Waals surface area contributed by atoms with E-state index < -0.39 is 71.3 Å². The second-order valence-electron chi connectivity index (χ2n) is 9.89. The number of benzene rings is 1. The lowest BCUT2D eigenvalue weighted by molar-refractivity contribution is -0.419. The molecule has 4 rings (SSSR count). The van der Waals surface area contributed by atoms with Gasteiger partial charge in [-0.3, -0.25) is 23.3 Å². The van der Waals surface area contributed by atoms with Gasteiger partial charge in [-0.05, 0) is 23.1 Å². The molecule has 230 valence electrons. The van der Waals surface area contributed by atoms with Gasteiger partial charge in [0.05, 0.1) is 17.5 Å². The number of aryl methyl sites for hydroxylation is 1. The zero-order chi connectivity index (χ0) is 32.0. The molecule has 0 fully saturated rings. The molecule has 0 spiro atoms. The monoisotopic (exact) mass is 646 g/mol. The van der Waals surface area contributed by atoms with E-state index in [-0.39, 0.29) is 27.4 Å². The van der Waals surface area contributed by atoms with Crippen molar-refractivity contribution in [1.82, 2.24) is 13.7 Å². The maximum absolute atomic E-state index is 15.1. The summed E-state index contributed by atoms with van der Waals surface area (Å²) in [6.45, 7) is 2.76. The van der Waals surface area contributed by atoms with E-state index in [2.05, 4.69) is 10.7 Å². The number of carbonyl (C=O) groups excluding carboxylic acids is 2. The van der Waals surface area contributed by atoms with E-state index in [1.54, 1.807) is 13.8 Å². The minimum absolute atomic E-state index is 0.148. The van der Waals surface area contributed by atoms with E-state index in [9.17, 15) is 36.7 Å². The molecule has 17 heteroatoms. The fourth-order valence-corrected chi connectivity index (χ4v) is 6.07. The Kier molecular flexibility index (Phi) is 8.90. The van der Waals surface area contributed by atoms with Crippen molar-refractivity contribution in [2.45, 2.75) is 39.2 Å². The van der Waals surface area contributed by atoms with Gasteiger partial charge in [0, 0.05) is 31.0 Å². The highest BCUT2D eigenvalue weighted by Crippen LogP contribution is 2.37. The highest BCUT2D eigenvalue weighted by Gasteiger charge is 2.39. The lowest BCUT2D eigenvalue weighted by atomic mass is 10.1. The first-order valence-electron chi connectivity index (χ1n) is 12.5. The molecule has 10 nitrogen and oxygen atoms in total. The second kappa shape index (κ2) is 12.0. The number of hydrogen-bond acceptors (Lipinski definition) is 7. The number of esters is 1. The molecular weight excluding hydrogens is 621 g/mol. The highest BCUT2D eigenvalue weighted by molar-refractivity contribution is 7.17. The number of quaternary nitrogens is 1. The third-order valence-corrected chi connectivity index (χ3v) is 8.67. The largest absolute Gasteiger partial charge is 0.439 e. The SMILES string of the molecule is CC(C)[C@H]([NH3+])C(=O)OCn1c(-c2ccc(F)c(C(F)(F)F)c2F)csc1=NC(=O)Cc1csc2c1c(=O)n(C)c(=O)n2C. The Morgan fingerprint density at radius 3 is 2.37 bits per heavy atom. The van der Waals surface area contributed by atoms with Crippen molar-refractivity contribution in [2.75, 3.05) is 0 Å². The summed E-state index contributed by atoms with van der Waals surface area (Å²) >= 11 is 1.81. The Morgan fingerprint density at radius 1 is 1.07 bits per heavy atom. The first-order valence-corrected chi connectivity index (χ1v) is 14.3. The molecule has 0 saturated carbocycles. The molecule has 1 atom stereocenters. The predicted octanol–water partition coefficient (Wildman–Crippen LogP) is 2.56. The number of alkyl halides is 3. The molecule has 0 aliphatic heterocycles. The standard InChI is InChI=1S/C26H24F5N5O5S2/c1-11(2)20(32)23(39)41-10-36-15(13-5-6-14(27)18(19(13)28)26(29,30)31)9-43-24(36)33-16(37)7-12-8-42-22-17(12)21(38)34(3)25(40)35(22)4/h5-6,8-9,11,20H,7,10,32H2,1-4H3/p+1/t20-/m0/s1. The molecule has 0 aliphatic carbocycles. The number of fused-ring (bicyclic) bond motifs is 1. The topological polar surface area (TPSA) is 132 Å². The summed E-state index contributed by atoms with van der Waals surface area (Å²) in [5, 5.41) is 2.86. The average molecular weight is 647 g/mol. The van der Waals surface area contributed by atoms with Crippen LogP contribution in [-0.2, 0) is 47.7 Å². The zero-order valence-corrected chi connectivity index (χ0v) is 24.8. The molecule has 1 amide bonds. The molecule has 0 saturated heterocycles. The number of thiophene rings is 1. The van der Waals surface area contributed by atoms with Crippen molar-refractivity contribution in [3.05, 3.63) is 71.3 Å². The van der Waals surface area contributed by atoms with Crippen molar-refractivity contribution >= 4 is 44.8 Å². The maximum atomic E-state index is 15.1. The third kappa shape index (κ3) is 6.09. The van der Waals surface area contributed by atoms with Gasteiger partial charge in [-0.1, -0.05) is 13.8 Å². The molecule has 1 aromatic carbocycles. The lowest BCUT2D eigenvalue weighted by Crippen LogP contribution is -2.67. The zero-order valence-electron chi connectivity index (χ0n) is 23.1. The van der Waals surface area contributed by atoms with Crippen LogP contribution in [0.4, 0.5) is 22.0 Å². The van der Waals surface area contributed by atoms with Gasteiger partial charge < -0.3 is 10.5 Å². The quantitative estimate of drug-likeness (QED) is 0.244. The van der Waals surface area contributed by atoms with Crippen LogP contribution >= 0.6 is 22.7 Å². The molecule has 0 bridgehead atoms. The third-order valence-electron chi connectivity index (χ3n) is 6.70. The number of thiazole rings is 1. The molecule has 0 aliphatic rings. The van der Waals surface area contributed by atoms with Crippen molar-refractivity contribution < 1.29 is 42.0 Å². The maximum Gasteiger partial charge on any atom is 0.422 e. The van der Waals surface area contributed by atoms with E-state index >= 15 is 4.39 Å². The number of halogens is 5. The van der Waals surface area contributed by atoms with Crippen LogP contribution in [0.2, 0.25) is 0 Å². The first-order chi connectivity index (χ1) is 20.0. The minimum atomic E-state index is -5.34. The Hall–Kier alpha value is -3.96. The summed E-state index contributed by atoms with van der Waals surface area (Å²) in [4.78, 5) is 54.7. The Morgan fingerprint density at radius 2 is 1.74 bits per heavy atom. The smallest absolute Gasteiger partial charge is 0.422 e. The van der Waals surface area contributed by atoms with Crippen LogP contribution < -0.4 is 21.8 Å². The Labute approximate surface area is 247 Å². The van der Waals surface area contributed by atoms with Crippen LogP contribution in [0.1, 0.15) is 25.0 Å². The number of amides is 1. The summed E-state index contributed by atoms with van der Waals surface area (Å²) in [5.74, 6) is -5.49. The number of ether oxygens (including phenoxy) is 1. The van der Waals surface area contributed by atoms with E-state index in [0.717, 1.165) is 37.9 Å². The summed E-state index contributed by atoms with van der Waals surface area (Å²) in [6, 6.07) is 0.439. The van der Waals surface area contributed by atoms with Crippen molar-refractivity contribution in [3.8, 4) is 11.3 Å². The summed E-state index contributed by atoms with van der Waals surface area (Å²) in [5.41, 5.74) is -0.194. The average Bonchev–Trinajstić information content (AvgIpc) is 3.52. The molecule has 3 N–H and O–H groups in total. The summed E-state index contributed by atoms with van der Waals surface area (Å²) in [7, 11) is 2.77. The lowest BCUT2D eigenvalue weighted by Gasteiger charge is -2.15. The van der Waals surface area contributed by atoms with Crippen LogP contribution in [-0.4, -0.2) is 31.6 Å². The molecule has 3 heterocycles. The molecular formula is C26H25F5N5O5S2+. The van der Waals surface area contributed by atoms with Gasteiger partial charge in [-0.2, -0.15) is 18.2 Å². The van der Waals surface area contributed by atoms with Crippen molar-refractivity contribution in [3.63, 3.8) is 0 Å². The van der Waals surface area contributed by atoms with Crippen LogP contribution in [0.15, 0.2) is 37.5 Å². The van der Waals surface area contributed by atoms with Crippen molar-refractivity contribution in [1.29, 1.82) is 0 Å².